The Morgan fingerprint density at radius 2 is 1.56 bits per heavy atom. The molecule has 100 valence electrons. The zero-order valence-electron chi connectivity index (χ0n) is 12.6. The van der Waals surface area contributed by atoms with Crippen molar-refractivity contribution in [2.75, 3.05) is 13.1 Å². The molecule has 0 saturated heterocycles. The molecule has 1 aromatic rings. The number of rotatable bonds is 3. The van der Waals surface area contributed by atoms with Crippen molar-refractivity contribution in [2.45, 2.75) is 59.4 Å². The summed E-state index contributed by atoms with van der Waals surface area (Å²) in [4.78, 5) is 2.54. The summed E-state index contributed by atoms with van der Waals surface area (Å²) in [6, 6.07) is 4.97. The van der Waals surface area contributed by atoms with Gasteiger partial charge in [0.25, 0.3) is 0 Å². The van der Waals surface area contributed by atoms with Crippen LogP contribution in [0.3, 0.4) is 0 Å². The monoisotopic (exact) mass is 245 g/mol. The zero-order chi connectivity index (χ0) is 13.3. The SMILES string of the molecule is CCN1CCc2cc(C(C)C)c(C(C)C)cc2C1. The Labute approximate surface area is 112 Å². The van der Waals surface area contributed by atoms with E-state index in [1.54, 1.807) is 22.3 Å². The number of nitrogens with zero attached hydrogens (tertiary/aromatic N) is 1. The van der Waals surface area contributed by atoms with E-state index in [1.807, 2.05) is 0 Å². The van der Waals surface area contributed by atoms with Crippen LogP contribution in [-0.4, -0.2) is 18.0 Å². The van der Waals surface area contributed by atoms with Gasteiger partial charge in [0.15, 0.2) is 0 Å². The molecule has 0 bridgehead atoms. The molecule has 0 atom stereocenters. The molecule has 1 aliphatic rings. The van der Waals surface area contributed by atoms with Crippen LogP contribution in [0.5, 0.6) is 0 Å². The highest BCUT2D eigenvalue weighted by Gasteiger charge is 2.19. The fourth-order valence-electron chi connectivity index (χ4n) is 2.98. The maximum absolute atomic E-state index is 2.54. The average Bonchev–Trinajstić information content (AvgIpc) is 2.36. The van der Waals surface area contributed by atoms with Gasteiger partial charge in [-0.25, -0.2) is 0 Å². The summed E-state index contributed by atoms with van der Waals surface area (Å²) >= 11 is 0. The molecule has 0 saturated carbocycles. The summed E-state index contributed by atoms with van der Waals surface area (Å²) in [5.74, 6) is 1.27. The summed E-state index contributed by atoms with van der Waals surface area (Å²) in [7, 11) is 0. The minimum absolute atomic E-state index is 0.629. The van der Waals surface area contributed by atoms with E-state index in [-0.39, 0.29) is 0 Å². The predicted molar refractivity (Wildman–Crippen MR) is 79.3 cm³/mol. The van der Waals surface area contributed by atoms with Gasteiger partial charge in [-0.15, -0.1) is 0 Å². The van der Waals surface area contributed by atoms with Crippen LogP contribution in [0.2, 0.25) is 0 Å². The van der Waals surface area contributed by atoms with Gasteiger partial charge in [0.2, 0.25) is 0 Å². The molecule has 0 amide bonds. The van der Waals surface area contributed by atoms with Gasteiger partial charge in [-0.3, -0.25) is 4.90 Å². The van der Waals surface area contributed by atoms with Crippen molar-refractivity contribution in [1.82, 2.24) is 4.90 Å². The minimum atomic E-state index is 0.629. The number of benzene rings is 1. The third-order valence-corrected chi connectivity index (χ3v) is 4.19. The molecule has 1 aliphatic heterocycles. The van der Waals surface area contributed by atoms with Crippen molar-refractivity contribution in [3.8, 4) is 0 Å². The van der Waals surface area contributed by atoms with Crippen LogP contribution in [0.1, 0.15) is 68.7 Å². The number of likely N-dealkylation sites (N-methyl/N-ethyl adjacent to an activating group) is 1. The third-order valence-electron chi connectivity index (χ3n) is 4.19. The molecular formula is C17H27N. The lowest BCUT2D eigenvalue weighted by atomic mass is 9.85. The Morgan fingerprint density at radius 3 is 2.06 bits per heavy atom. The summed E-state index contributed by atoms with van der Waals surface area (Å²) < 4.78 is 0. The van der Waals surface area contributed by atoms with Crippen LogP contribution in [0.4, 0.5) is 0 Å². The van der Waals surface area contributed by atoms with E-state index in [1.165, 1.54) is 19.5 Å². The van der Waals surface area contributed by atoms with Crippen molar-refractivity contribution in [2.24, 2.45) is 0 Å². The highest BCUT2D eigenvalue weighted by molar-refractivity contribution is 5.42. The fourth-order valence-corrected chi connectivity index (χ4v) is 2.98. The molecule has 0 radical (unpaired) electrons. The van der Waals surface area contributed by atoms with Gasteiger partial charge >= 0.3 is 0 Å². The lowest BCUT2D eigenvalue weighted by Gasteiger charge is -2.30. The molecule has 0 aliphatic carbocycles. The topological polar surface area (TPSA) is 3.24 Å². The number of hydrogen-bond acceptors (Lipinski definition) is 1. The lowest BCUT2D eigenvalue weighted by molar-refractivity contribution is 0.268. The van der Waals surface area contributed by atoms with Crippen molar-refractivity contribution in [3.63, 3.8) is 0 Å². The Kier molecular flexibility index (Phi) is 4.11. The number of hydrogen-bond donors (Lipinski definition) is 0. The Morgan fingerprint density at radius 1 is 1.00 bits per heavy atom. The Balaban J connectivity index is 2.42. The average molecular weight is 245 g/mol. The van der Waals surface area contributed by atoms with Crippen LogP contribution in [0.15, 0.2) is 12.1 Å². The van der Waals surface area contributed by atoms with E-state index in [4.69, 9.17) is 0 Å². The molecule has 0 N–H and O–H groups in total. The molecular weight excluding hydrogens is 218 g/mol. The molecule has 1 aromatic carbocycles. The van der Waals surface area contributed by atoms with E-state index < -0.39 is 0 Å². The van der Waals surface area contributed by atoms with Gasteiger partial charge < -0.3 is 0 Å². The molecule has 0 spiro atoms. The summed E-state index contributed by atoms with van der Waals surface area (Å²) in [6.45, 7) is 15.1. The maximum Gasteiger partial charge on any atom is 0.0236 e. The highest BCUT2D eigenvalue weighted by Crippen LogP contribution is 2.31. The second-order valence-electron chi connectivity index (χ2n) is 6.18. The van der Waals surface area contributed by atoms with E-state index in [0.717, 1.165) is 6.54 Å². The minimum Gasteiger partial charge on any atom is -0.299 e. The summed E-state index contributed by atoms with van der Waals surface area (Å²) in [6.07, 6.45) is 1.22. The van der Waals surface area contributed by atoms with Gasteiger partial charge in [0.1, 0.15) is 0 Å². The van der Waals surface area contributed by atoms with Crippen LogP contribution < -0.4 is 0 Å². The summed E-state index contributed by atoms with van der Waals surface area (Å²) in [5, 5.41) is 0. The molecule has 0 fully saturated rings. The fraction of sp³-hybridized carbons (Fsp3) is 0.647. The lowest BCUT2D eigenvalue weighted by Crippen LogP contribution is -2.30. The van der Waals surface area contributed by atoms with Gasteiger partial charge in [0, 0.05) is 13.1 Å². The van der Waals surface area contributed by atoms with Crippen LogP contribution in [0.25, 0.3) is 0 Å². The number of fused-ring (bicyclic) bond motifs is 1. The van der Waals surface area contributed by atoms with Gasteiger partial charge in [-0.1, -0.05) is 46.8 Å². The van der Waals surface area contributed by atoms with Crippen molar-refractivity contribution >= 4 is 0 Å². The first-order valence-corrected chi connectivity index (χ1v) is 7.40. The van der Waals surface area contributed by atoms with Crippen molar-refractivity contribution < 1.29 is 0 Å². The van der Waals surface area contributed by atoms with E-state index in [0.29, 0.717) is 11.8 Å². The molecule has 0 aromatic heterocycles. The molecule has 1 heteroatoms. The van der Waals surface area contributed by atoms with E-state index in [9.17, 15) is 0 Å². The summed E-state index contributed by atoms with van der Waals surface area (Å²) in [5.41, 5.74) is 6.28. The normalized spacial score (nSPS) is 16.4. The standard InChI is InChI=1S/C17H27N/c1-6-18-8-7-14-9-16(12(2)3)17(13(4)5)10-15(14)11-18/h9-10,12-13H,6-8,11H2,1-5H3. The van der Waals surface area contributed by atoms with Gasteiger partial charge in [-0.2, -0.15) is 0 Å². The molecule has 1 heterocycles. The Bertz CT molecular complexity index is 418. The Hall–Kier alpha value is -0.820. The van der Waals surface area contributed by atoms with E-state index in [2.05, 4.69) is 51.7 Å². The molecule has 2 rings (SSSR count). The molecule has 18 heavy (non-hydrogen) atoms. The van der Waals surface area contributed by atoms with Crippen LogP contribution in [-0.2, 0) is 13.0 Å². The quantitative estimate of drug-likeness (QED) is 0.767. The van der Waals surface area contributed by atoms with Gasteiger partial charge in [-0.05, 0) is 47.1 Å². The van der Waals surface area contributed by atoms with Gasteiger partial charge in [0.05, 0.1) is 0 Å². The first-order chi connectivity index (χ1) is 8.52. The van der Waals surface area contributed by atoms with Crippen molar-refractivity contribution in [3.05, 3.63) is 34.4 Å². The second kappa shape index (κ2) is 5.44. The first kappa shape index (κ1) is 13.6. The third kappa shape index (κ3) is 2.61. The van der Waals surface area contributed by atoms with E-state index >= 15 is 0 Å². The zero-order valence-corrected chi connectivity index (χ0v) is 12.6. The smallest absolute Gasteiger partial charge is 0.0236 e. The maximum atomic E-state index is 2.54. The highest BCUT2D eigenvalue weighted by atomic mass is 15.1. The molecule has 1 nitrogen and oxygen atoms in total. The molecule has 0 unspecified atom stereocenters. The second-order valence-corrected chi connectivity index (χ2v) is 6.18. The predicted octanol–water partition coefficient (Wildman–Crippen LogP) is 4.31. The first-order valence-electron chi connectivity index (χ1n) is 7.40. The van der Waals surface area contributed by atoms with Crippen LogP contribution >= 0.6 is 0 Å². The van der Waals surface area contributed by atoms with Crippen molar-refractivity contribution in [1.29, 1.82) is 0 Å². The largest absolute Gasteiger partial charge is 0.299 e. The van der Waals surface area contributed by atoms with Crippen LogP contribution in [0, 0.1) is 0 Å².